The molecule has 0 bridgehead atoms. The van der Waals surface area contributed by atoms with E-state index in [-0.39, 0.29) is 11.9 Å². The Morgan fingerprint density at radius 3 is 2.28 bits per heavy atom. The normalized spacial score (nSPS) is 11.6. The van der Waals surface area contributed by atoms with Crippen molar-refractivity contribution in [3.63, 3.8) is 0 Å². The molecular weight excluding hydrogens is 378 g/mol. The van der Waals surface area contributed by atoms with Gasteiger partial charge in [0.05, 0.1) is 6.61 Å². The summed E-state index contributed by atoms with van der Waals surface area (Å²) in [6.45, 7) is 2.67. The van der Waals surface area contributed by atoms with Crippen molar-refractivity contribution in [2.45, 2.75) is 30.7 Å². The van der Waals surface area contributed by atoms with E-state index >= 15 is 0 Å². The van der Waals surface area contributed by atoms with Crippen LogP contribution in [0.25, 0.3) is 0 Å². The van der Waals surface area contributed by atoms with Crippen LogP contribution in [-0.2, 0) is 6.42 Å². The van der Waals surface area contributed by atoms with Crippen molar-refractivity contribution in [2.24, 2.45) is 0 Å². The molecule has 0 fully saturated rings. The summed E-state index contributed by atoms with van der Waals surface area (Å²) in [7, 11) is 0. The van der Waals surface area contributed by atoms with E-state index in [1.807, 2.05) is 67.6 Å². The molecule has 0 spiro atoms. The molecule has 0 aromatic heterocycles. The van der Waals surface area contributed by atoms with Gasteiger partial charge in [-0.2, -0.15) is 0 Å². The highest BCUT2D eigenvalue weighted by Crippen LogP contribution is 2.18. The third-order valence-corrected chi connectivity index (χ3v) is 5.54. The Morgan fingerprint density at radius 1 is 0.931 bits per heavy atom. The summed E-state index contributed by atoms with van der Waals surface area (Å²) in [5.41, 5.74) is 1.95. The minimum Gasteiger partial charge on any atom is -0.493 e. The van der Waals surface area contributed by atoms with Crippen molar-refractivity contribution in [1.29, 1.82) is 0 Å². The van der Waals surface area contributed by atoms with Gasteiger partial charge in [0.2, 0.25) is 0 Å². The quantitative estimate of drug-likeness (QED) is 0.352. The SMILES string of the molecule is CC(CCc1ccccc1)NC(=O)c1ccc(OCCSc2ccccc2)cc1. The van der Waals surface area contributed by atoms with Crippen molar-refractivity contribution >= 4 is 17.7 Å². The molecular formula is C25H27NO2S. The molecule has 3 rings (SSSR count). The van der Waals surface area contributed by atoms with Crippen molar-refractivity contribution in [1.82, 2.24) is 5.32 Å². The molecule has 0 aliphatic rings. The predicted octanol–water partition coefficient (Wildman–Crippen LogP) is 5.61. The van der Waals surface area contributed by atoms with Gasteiger partial charge < -0.3 is 10.1 Å². The Morgan fingerprint density at radius 2 is 1.59 bits per heavy atom. The average molecular weight is 406 g/mol. The summed E-state index contributed by atoms with van der Waals surface area (Å²) < 4.78 is 5.78. The Kier molecular flexibility index (Phi) is 8.20. The van der Waals surface area contributed by atoms with Gasteiger partial charge in [-0.05, 0) is 61.7 Å². The van der Waals surface area contributed by atoms with E-state index < -0.39 is 0 Å². The molecule has 1 unspecified atom stereocenters. The number of carbonyl (C=O) groups excluding carboxylic acids is 1. The van der Waals surface area contributed by atoms with Gasteiger partial charge in [-0.15, -0.1) is 11.8 Å². The maximum absolute atomic E-state index is 12.4. The number of nitrogens with one attached hydrogen (secondary N) is 1. The van der Waals surface area contributed by atoms with Crippen LogP contribution in [0.2, 0.25) is 0 Å². The first-order chi connectivity index (χ1) is 14.2. The first kappa shape index (κ1) is 21.0. The van der Waals surface area contributed by atoms with Crippen LogP contribution in [0, 0.1) is 0 Å². The summed E-state index contributed by atoms with van der Waals surface area (Å²) >= 11 is 1.77. The van der Waals surface area contributed by atoms with Crippen molar-refractivity contribution in [2.75, 3.05) is 12.4 Å². The van der Waals surface area contributed by atoms with Crippen LogP contribution < -0.4 is 10.1 Å². The van der Waals surface area contributed by atoms with Crippen LogP contribution in [0.1, 0.15) is 29.3 Å². The fourth-order valence-electron chi connectivity index (χ4n) is 2.95. The van der Waals surface area contributed by atoms with Gasteiger partial charge in [-0.1, -0.05) is 48.5 Å². The topological polar surface area (TPSA) is 38.3 Å². The largest absolute Gasteiger partial charge is 0.493 e. The van der Waals surface area contributed by atoms with Crippen molar-refractivity contribution < 1.29 is 9.53 Å². The van der Waals surface area contributed by atoms with Crippen molar-refractivity contribution in [3.05, 3.63) is 96.1 Å². The first-order valence-corrected chi connectivity index (χ1v) is 10.9. The zero-order chi connectivity index (χ0) is 20.3. The van der Waals surface area contributed by atoms with Gasteiger partial charge in [-0.3, -0.25) is 4.79 Å². The zero-order valence-corrected chi connectivity index (χ0v) is 17.5. The first-order valence-electron chi connectivity index (χ1n) is 9.96. The number of hydrogen-bond acceptors (Lipinski definition) is 3. The highest BCUT2D eigenvalue weighted by Gasteiger charge is 2.10. The number of carbonyl (C=O) groups is 1. The second-order valence-corrected chi connectivity index (χ2v) is 8.10. The van der Waals surface area contributed by atoms with Crippen LogP contribution in [0.4, 0.5) is 0 Å². The number of benzene rings is 3. The molecule has 3 nitrogen and oxygen atoms in total. The standard InChI is InChI=1S/C25H27NO2S/c1-20(12-13-21-8-4-2-5-9-21)26-25(27)22-14-16-23(17-15-22)28-18-19-29-24-10-6-3-7-11-24/h2-11,14-17,20H,12-13,18-19H2,1H3,(H,26,27). The van der Waals surface area contributed by atoms with Crippen molar-refractivity contribution in [3.8, 4) is 5.75 Å². The zero-order valence-electron chi connectivity index (χ0n) is 16.7. The predicted molar refractivity (Wildman–Crippen MR) is 121 cm³/mol. The van der Waals surface area contributed by atoms with Gasteiger partial charge in [0.1, 0.15) is 5.75 Å². The van der Waals surface area contributed by atoms with Gasteiger partial charge in [0.25, 0.3) is 5.91 Å². The molecule has 4 heteroatoms. The molecule has 1 amide bonds. The van der Waals surface area contributed by atoms with E-state index in [1.165, 1.54) is 10.5 Å². The minimum absolute atomic E-state index is 0.0447. The van der Waals surface area contributed by atoms with Crippen LogP contribution >= 0.6 is 11.8 Å². The lowest BCUT2D eigenvalue weighted by atomic mass is 10.1. The molecule has 0 saturated carbocycles. The number of aryl methyl sites for hydroxylation is 1. The Balaban J connectivity index is 1.38. The summed E-state index contributed by atoms with van der Waals surface area (Å²) in [4.78, 5) is 13.7. The number of amides is 1. The maximum atomic E-state index is 12.4. The van der Waals surface area contributed by atoms with E-state index in [2.05, 4.69) is 29.6 Å². The van der Waals surface area contributed by atoms with E-state index in [0.29, 0.717) is 12.2 Å². The minimum atomic E-state index is -0.0447. The maximum Gasteiger partial charge on any atom is 0.251 e. The molecule has 1 N–H and O–H groups in total. The van der Waals surface area contributed by atoms with Crippen LogP contribution in [0.15, 0.2) is 89.8 Å². The summed E-state index contributed by atoms with van der Waals surface area (Å²) in [6, 6.07) is 28.1. The molecule has 0 aliphatic heterocycles. The highest BCUT2D eigenvalue weighted by molar-refractivity contribution is 7.99. The number of thioether (sulfide) groups is 1. The van der Waals surface area contributed by atoms with E-state index in [9.17, 15) is 4.79 Å². The lowest BCUT2D eigenvalue weighted by Gasteiger charge is -2.14. The Labute approximate surface area is 177 Å². The van der Waals surface area contributed by atoms with Gasteiger partial charge in [0, 0.05) is 22.3 Å². The van der Waals surface area contributed by atoms with Gasteiger partial charge in [0.15, 0.2) is 0 Å². The van der Waals surface area contributed by atoms with Crippen LogP contribution in [-0.4, -0.2) is 24.3 Å². The van der Waals surface area contributed by atoms with Crippen LogP contribution in [0.3, 0.4) is 0 Å². The third kappa shape index (κ3) is 7.31. The molecule has 150 valence electrons. The number of hydrogen-bond donors (Lipinski definition) is 1. The molecule has 29 heavy (non-hydrogen) atoms. The second kappa shape index (κ2) is 11.3. The van der Waals surface area contributed by atoms with E-state index in [0.717, 1.165) is 24.3 Å². The lowest BCUT2D eigenvalue weighted by Crippen LogP contribution is -2.32. The molecule has 0 aliphatic carbocycles. The number of rotatable bonds is 10. The third-order valence-electron chi connectivity index (χ3n) is 4.57. The monoisotopic (exact) mass is 405 g/mol. The molecule has 0 saturated heterocycles. The number of ether oxygens (including phenoxy) is 1. The highest BCUT2D eigenvalue weighted by atomic mass is 32.2. The fraction of sp³-hybridized carbons (Fsp3) is 0.240. The smallest absolute Gasteiger partial charge is 0.251 e. The van der Waals surface area contributed by atoms with E-state index in [4.69, 9.17) is 4.74 Å². The Bertz CT molecular complexity index is 866. The Hall–Kier alpha value is -2.72. The molecule has 0 heterocycles. The average Bonchev–Trinajstić information content (AvgIpc) is 2.77. The second-order valence-electron chi connectivity index (χ2n) is 6.93. The molecule has 3 aromatic carbocycles. The fourth-order valence-corrected chi connectivity index (χ4v) is 3.70. The summed E-state index contributed by atoms with van der Waals surface area (Å²) in [6.07, 6.45) is 1.87. The summed E-state index contributed by atoms with van der Waals surface area (Å²) in [5, 5.41) is 3.07. The molecule has 0 radical (unpaired) electrons. The van der Waals surface area contributed by atoms with Gasteiger partial charge >= 0.3 is 0 Å². The summed E-state index contributed by atoms with van der Waals surface area (Å²) in [5.74, 6) is 1.62. The van der Waals surface area contributed by atoms with Crippen LogP contribution in [0.5, 0.6) is 5.75 Å². The van der Waals surface area contributed by atoms with Gasteiger partial charge in [-0.25, -0.2) is 0 Å². The molecule has 1 atom stereocenters. The molecule has 3 aromatic rings. The van der Waals surface area contributed by atoms with E-state index in [1.54, 1.807) is 11.8 Å². The lowest BCUT2D eigenvalue weighted by molar-refractivity contribution is 0.0938.